The fourth-order valence-electron chi connectivity index (χ4n) is 2.39. The third-order valence-corrected chi connectivity index (χ3v) is 3.17. The molecule has 1 aliphatic rings. The van der Waals surface area contributed by atoms with Crippen LogP contribution in [0.15, 0.2) is 30.3 Å². The van der Waals surface area contributed by atoms with Gasteiger partial charge < -0.3 is 5.84 Å². The van der Waals surface area contributed by atoms with Crippen LogP contribution in [0.1, 0.15) is 18.2 Å². The van der Waals surface area contributed by atoms with Crippen LogP contribution in [-0.4, -0.2) is 4.68 Å². The lowest BCUT2D eigenvalue weighted by molar-refractivity contribution is 0.716. The van der Waals surface area contributed by atoms with Gasteiger partial charge in [-0.15, -0.1) is 0 Å². The topological polar surface area (TPSA) is 30.9 Å². The minimum atomic E-state index is 0.614. The highest BCUT2D eigenvalue weighted by molar-refractivity contribution is 5.88. The number of nitrogen functional groups attached to an aromatic ring is 1. The van der Waals surface area contributed by atoms with Crippen molar-refractivity contribution in [3.8, 4) is 0 Å². The lowest BCUT2D eigenvalue weighted by Gasteiger charge is -2.12. The van der Waals surface area contributed by atoms with Crippen LogP contribution in [0.25, 0.3) is 17.0 Å². The highest BCUT2D eigenvalue weighted by Crippen LogP contribution is 2.31. The summed E-state index contributed by atoms with van der Waals surface area (Å²) in [7, 11) is 0. The van der Waals surface area contributed by atoms with Gasteiger partial charge in [0, 0.05) is 5.39 Å². The molecule has 0 saturated carbocycles. The Morgan fingerprint density at radius 1 is 1.33 bits per heavy atom. The number of benzene rings is 1. The van der Waals surface area contributed by atoms with Gasteiger partial charge in [-0.1, -0.05) is 31.2 Å². The molecule has 0 spiro atoms. The van der Waals surface area contributed by atoms with Gasteiger partial charge in [-0.05, 0) is 30.0 Å². The molecule has 2 nitrogen and oxygen atoms in total. The van der Waals surface area contributed by atoms with Crippen LogP contribution in [0.4, 0.5) is 0 Å². The highest BCUT2D eigenvalue weighted by Gasteiger charge is 2.18. The Bertz CT molecular complexity index is 549. The minimum absolute atomic E-state index is 0.614. The SMILES string of the molecule is CC1C=Cc2c(c3ccccc3n2N)C1. The van der Waals surface area contributed by atoms with Crippen LogP contribution in [0.3, 0.4) is 0 Å². The van der Waals surface area contributed by atoms with Gasteiger partial charge in [0.2, 0.25) is 0 Å². The molecule has 76 valence electrons. The van der Waals surface area contributed by atoms with E-state index in [-0.39, 0.29) is 0 Å². The zero-order valence-electron chi connectivity index (χ0n) is 8.77. The number of nitrogens with two attached hydrogens (primary N) is 1. The van der Waals surface area contributed by atoms with Crippen molar-refractivity contribution in [1.29, 1.82) is 0 Å². The molecule has 1 unspecified atom stereocenters. The Morgan fingerprint density at radius 2 is 2.13 bits per heavy atom. The number of aromatic nitrogens is 1. The number of fused-ring (bicyclic) bond motifs is 3. The Hall–Kier alpha value is -1.70. The second kappa shape index (κ2) is 2.89. The summed E-state index contributed by atoms with van der Waals surface area (Å²) in [5, 5.41) is 1.30. The zero-order chi connectivity index (χ0) is 10.4. The quantitative estimate of drug-likeness (QED) is 0.648. The number of nitrogens with zero attached hydrogens (tertiary/aromatic N) is 1. The van der Waals surface area contributed by atoms with Crippen molar-refractivity contribution in [2.75, 3.05) is 5.84 Å². The second-order valence-electron chi connectivity index (χ2n) is 4.29. The second-order valence-corrected chi connectivity index (χ2v) is 4.29. The van der Waals surface area contributed by atoms with Crippen molar-refractivity contribution >= 4 is 17.0 Å². The van der Waals surface area contributed by atoms with Crippen molar-refractivity contribution in [3.63, 3.8) is 0 Å². The maximum absolute atomic E-state index is 6.07. The molecule has 2 aromatic rings. The monoisotopic (exact) mass is 198 g/mol. The summed E-state index contributed by atoms with van der Waals surface area (Å²) in [5.41, 5.74) is 3.68. The summed E-state index contributed by atoms with van der Waals surface area (Å²) in [6.07, 6.45) is 5.46. The van der Waals surface area contributed by atoms with Gasteiger partial charge in [0.1, 0.15) is 0 Å². The van der Waals surface area contributed by atoms with Crippen LogP contribution in [0.5, 0.6) is 0 Å². The summed E-state index contributed by atoms with van der Waals surface area (Å²) >= 11 is 0. The third kappa shape index (κ3) is 1.11. The fourth-order valence-corrected chi connectivity index (χ4v) is 2.39. The normalized spacial score (nSPS) is 19.4. The van der Waals surface area contributed by atoms with Crippen molar-refractivity contribution in [3.05, 3.63) is 41.6 Å². The molecule has 0 radical (unpaired) electrons. The zero-order valence-corrected chi connectivity index (χ0v) is 8.77. The predicted molar refractivity (Wildman–Crippen MR) is 64.0 cm³/mol. The van der Waals surface area contributed by atoms with Gasteiger partial charge in [0.25, 0.3) is 0 Å². The van der Waals surface area contributed by atoms with E-state index in [1.54, 1.807) is 4.68 Å². The molecule has 2 heteroatoms. The van der Waals surface area contributed by atoms with Crippen LogP contribution < -0.4 is 5.84 Å². The smallest absolute Gasteiger partial charge is 0.0700 e. The molecule has 0 saturated heterocycles. The standard InChI is InChI=1S/C13H14N2/c1-9-6-7-13-11(8-9)10-4-2-3-5-12(10)15(13)14/h2-7,9H,8,14H2,1H3. The van der Waals surface area contributed by atoms with E-state index in [1.807, 2.05) is 6.07 Å². The van der Waals surface area contributed by atoms with Crippen molar-refractivity contribution < 1.29 is 0 Å². The Morgan fingerprint density at radius 3 is 3.00 bits per heavy atom. The van der Waals surface area contributed by atoms with Crippen LogP contribution in [0.2, 0.25) is 0 Å². The van der Waals surface area contributed by atoms with Crippen molar-refractivity contribution in [2.45, 2.75) is 13.3 Å². The Kier molecular flexibility index (Phi) is 1.66. The first-order valence-electron chi connectivity index (χ1n) is 5.33. The maximum atomic E-state index is 6.07. The molecular formula is C13H14N2. The Labute approximate surface area is 89.0 Å². The molecule has 2 N–H and O–H groups in total. The van der Waals surface area contributed by atoms with E-state index in [1.165, 1.54) is 10.9 Å². The average molecular weight is 198 g/mol. The van der Waals surface area contributed by atoms with E-state index in [4.69, 9.17) is 5.84 Å². The summed E-state index contributed by atoms with van der Waals surface area (Å²) < 4.78 is 1.80. The van der Waals surface area contributed by atoms with E-state index in [2.05, 4.69) is 37.3 Å². The van der Waals surface area contributed by atoms with Gasteiger partial charge in [-0.3, -0.25) is 4.68 Å². The Balaban J connectivity index is 2.39. The van der Waals surface area contributed by atoms with Crippen LogP contribution in [-0.2, 0) is 6.42 Å². The number of para-hydroxylation sites is 1. The summed E-state index contributed by atoms with van der Waals surface area (Å²) in [6, 6.07) is 8.34. The summed E-state index contributed by atoms with van der Waals surface area (Å²) in [5.74, 6) is 6.68. The molecule has 15 heavy (non-hydrogen) atoms. The molecule has 0 bridgehead atoms. The molecule has 1 aromatic heterocycles. The molecule has 1 aliphatic carbocycles. The predicted octanol–water partition coefficient (Wildman–Crippen LogP) is 2.56. The largest absolute Gasteiger partial charge is 0.339 e. The first-order valence-corrected chi connectivity index (χ1v) is 5.33. The number of hydrogen-bond donors (Lipinski definition) is 1. The lowest BCUT2D eigenvalue weighted by atomic mass is 9.93. The van der Waals surface area contributed by atoms with Gasteiger partial charge in [0.15, 0.2) is 0 Å². The number of hydrogen-bond acceptors (Lipinski definition) is 1. The van der Waals surface area contributed by atoms with E-state index in [0.717, 1.165) is 17.6 Å². The van der Waals surface area contributed by atoms with Gasteiger partial charge in [-0.2, -0.15) is 0 Å². The average Bonchev–Trinajstić information content (AvgIpc) is 2.54. The first kappa shape index (κ1) is 8.60. The molecule has 0 fully saturated rings. The van der Waals surface area contributed by atoms with Crippen molar-refractivity contribution in [1.82, 2.24) is 4.68 Å². The van der Waals surface area contributed by atoms with Gasteiger partial charge in [-0.25, -0.2) is 0 Å². The molecule has 1 aromatic carbocycles. The summed E-state index contributed by atoms with van der Waals surface area (Å²) in [4.78, 5) is 0. The highest BCUT2D eigenvalue weighted by atomic mass is 15.3. The first-order chi connectivity index (χ1) is 7.27. The molecule has 0 amide bonds. The minimum Gasteiger partial charge on any atom is -0.339 e. The molecular weight excluding hydrogens is 184 g/mol. The number of allylic oxidation sites excluding steroid dienone is 1. The fraction of sp³-hybridized carbons (Fsp3) is 0.231. The third-order valence-electron chi connectivity index (χ3n) is 3.17. The lowest BCUT2D eigenvalue weighted by Crippen LogP contribution is -2.12. The number of rotatable bonds is 0. The van der Waals surface area contributed by atoms with Gasteiger partial charge >= 0.3 is 0 Å². The van der Waals surface area contributed by atoms with E-state index in [9.17, 15) is 0 Å². The van der Waals surface area contributed by atoms with E-state index in [0.29, 0.717) is 5.92 Å². The maximum Gasteiger partial charge on any atom is 0.0700 e. The molecule has 1 heterocycles. The van der Waals surface area contributed by atoms with Crippen LogP contribution in [0, 0.1) is 5.92 Å². The summed E-state index contributed by atoms with van der Waals surface area (Å²) in [6.45, 7) is 2.24. The molecule has 0 aliphatic heterocycles. The van der Waals surface area contributed by atoms with E-state index >= 15 is 0 Å². The van der Waals surface area contributed by atoms with Gasteiger partial charge in [0.05, 0.1) is 11.2 Å². The molecule has 3 rings (SSSR count). The van der Waals surface area contributed by atoms with Crippen LogP contribution >= 0.6 is 0 Å². The van der Waals surface area contributed by atoms with Crippen molar-refractivity contribution in [2.24, 2.45) is 5.92 Å². The van der Waals surface area contributed by atoms with E-state index < -0.39 is 0 Å². The molecule has 1 atom stereocenters.